The largest absolute Gasteiger partial charge is 0.345 e. The fourth-order valence-corrected chi connectivity index (χ4v) is 4.92. The molecule has 0 bridgehead atoms. The lowest BCUT2D eigenvalue weighted by atomic mass is 10.1. The van der Waals surface area contributed by atoms with Crippen LogP contribution in [-0.2, 0) is 0 Å². The van der Waals surface area contributed by atoms with Crippen molar-refractivity contribution in [2.24, 2.45) is 0 Å². The first-order valence-corrected chi connectivity index (χ1v) is 10.5. The van der Waals surface area contributed by atoms with E-state index in [2.05, 4.69) is 11.0 Å². The predicted molar refractivity (Wildman–Crippen MR) is 117 cm³/mol. The van der Waals surface area contributed by atoms with Crippen LogP contribution in [0.15, 0.2) is 60.7 Å². The van der Waals surface area contributed by atoms with Crippen molar-refractivity contribution in [1.29, 1.82) is 0 Å². The highest BCUT2D eigenvalue weighted by Crippen LogP contribution is 2.31. The number of anilines is 1. The Kier molecular flexibility index (Phi) is 4.41. The van der Waals surface area contributed by atoms with Crippen LogP contribution in [-0.4, -0.2) is 42.0 Å². The average Bonchev–Trinajstić information content (AvgIpc) is 3.16. The predicted octanol–water partition coefficient (Wildman–Crippen LogP) is 5.07. The van der Waals surface area contributed by atoms with Gasteiger partial charge in [0.15, 0.2) is 5.13 Å². The molecule has 0 aliphatic carbocycles. The first kappa shape index (κ1) is 17.5. The van der Waals surface area contributed by atoms with Gasteiger partial charge in [-0.1, -0.05) is 53.3 Å². The molecule has 28 heavy (non-hydrogen) atoms. The van der Waals surface area contributed by atoms with Gasteiger partial charge in [0.05, 0.1) is 10.2 Å². The van der Waals surface area contributed by atoms with Gasteiger partial charge in [0.2, 0.25) is 0 Å². The molecule has 1 aromatic heterocycles. The van der Waals surface area contributed by atoms with Crippen LogP contribution in [0.5, 0.6) is 0 Å². The molecule has 0 atom stereocenters. The Bertz CT molecular complexity index is 1180. The standard InChI is InChI=1S/C22H18ClN3OS/c23-18-7-8-19-20(14-18)28-22(24-19)26-11-9-25(10-12-26)21(27)17-6-5-15-3-1-2-4-16(15)13-17/h1-8,13-14H,9-12H2. The molecule has 0 saturated carbocycles. The first-order chi connectivity index (χ1) is 13.7. The number of carbonyl (C=O) groups is 1. The monoisotopic (exact) mass is 407 g/mol. The molecule has 4 nitrogen and oxygen atoms in total. The zero-order valence-electron chi connectivity index (χ0n) is 15.1. The topological polar surface area (TPSA) is 36.4 Å². The number of hydrogen-bond donors (Lipinski definition) is 0. The summed E-state index contributed by atoms with van der Waals surface area (Å²) in [6.45, 7) is 2.96. The Morgan fingerprint density at radius 2 is 1.71 bits per heavy atom. The van der Waals surface area contributed by atoms with Crippen LogP contribution in [0.3, 0.4) is 0 Å². The van der Waals surface area contributed by atoms with Crippen LogP contribution in [0.25, 0.3) is 21.0 Å². The molecule has 5 rings (SSSR count). The molecule has 1 amide bonds. The zero-order chi connectivity index (χ0) is 19.1. The van der Waals surface area contributed by atoms with E-state index in [-0.39, 0.29) is 5.91 Å². The van der Waals surface area contributed by atoms with Gasteiger partial charge in [0, 0.05) is 36.8 Å². The summed E-state index contributed by atoms with van der Waals surface area (Å²) >= 11 is 7.74. The number of halogens is 1. The van der Waals surface area contributed by atoms with Crippen molar-refractivity contribution < 1.29 is 4.79 Å². The number of benzene rings is 3. The van der Waals surface area contributed by atoms with Crippen LogP contribution in [0.4, 0.5) is 5.13 Å². The molecular formula is C22H18ClN3OS. The number of rotatable bonds is 2. The molecule has 0 N–H and O–H groups in total. The fourth-order valence-electron chi connectivity index (χ4n) is 3.63. The third kappa shape index (κ3) is 3.21. The van der Waals surface area contributed by atoms with Crippen molar-refractivity contribution in [3.63, 3.8) is 0 Å². The highest BCUT2D eigenvalue weighted by molar-refractivity contribution is 7.22. The number of amides is 1. The van der Waals surface area contributed by atoms with E-state index >= 15 is 0 Å². The second-order valence-electron chi connectivity index (χ2n) is 6.95. The van der Waals surface area contributed by atoms with Crippen molar-refractivity contribution in [2.75, 3.05) is 31.1 Å². The van der Waals surface area contributed by atoms with E-state index in [0.29, 0.717) is 13.1 Å². The minimum absolute atomic E-state index is 0.0986. The van der Waals surface area contributed by atoms with Crippen LogP contribution in [0, 0.1) is 0 Å². The van der Waals surface area contributed by atoms with Crippen LogP contribution in [0.1, 0.15) is 10.4 Å². The minimum atomic E-state index is 0.0986. The van der Waals surface area contributed by atoms with Gasteiger partial charge >= 0.3 is 0 Å². The maximum absolute atomic E-state index is 12.9. The molecule has 3 aromatic carbocycles. The first-order valence-electron chi connectivity index (χ1n) is 9.26. The molecule has 0 spiro atoms. The van der Waals surface area contributed by atoms with E-state index in [0.717, 1.165) is 49.8 Å². The lowest BCUT2D eigenvalue weighted by Crippen LogP contribution is -2.48. The summed E-state index contributed by atoms with van der Waals surface area (Å²) in [5, 5.41) is 3.98. The number of aromatic nitrogens is 1. The molecule has 6 heteroatoms. The minimum Gasteiger partial charge on any atom is -0.345 e. The van der Waals surface area contributed by atoms with Crippen LogP contribution < -0.4 is 4.90 Å². The van der Waals surface area contributed by atoms with Gasteiger partial charge in [-0.3, -0.25) is 4.79 Å². The highest BCUT2D eigenvalue weighted by atomic mass is 35.5. The smallest absolute Gasteiger partial charge is 0.253 e. The van der Waals surface area contributed by atoms with Gasteiger partial charge in [-0.25, -0.2) is 4.98 Å². The number of hydrogen-bond acceptors (Lipinski definition) is 4. The Balaban J connectivity index is 1.30. The fraction of sp³-hybridized carbons (Fsp3) is 0.182. The van der Waals surface area contributed by atoms with E-state index in [1.54, 1.807) is 11.3 Å². The second-order valence-corrected chi connectivity index (χ2v) is 8.40. The number of thiazole rings is 1. The molecule has 1 saturated heterocycles. The van der Waals surface area contributed by atoms with Crippen molar-refractivity contribution >= 4 is 55.0 Å². The molecule has 0 radical (unpaired) electrons. The summed E-state index contributed by atoms with van der Waals surface area (Å²) in [7, 11) is 0. The third-order valence-corrected chi connectivity index (χ3v) is 6.49. The maximum atomic E-state index is 12.9. The summed E-state index contributed by atoms with van der Waals surface area (Å²) in [5.74, 6) is 0.0986. The Morgan fingerprint density at radius 1 is 0.929 bits per heavy atom. The maximum Gasteiger partial charge on any atom is 0.253 e. The van der Waals surface area contributed by atoms with E-state index < -0.39 is 0 Å². The van der Waals surface area contributed by atoms with Crippen molar-refractivity contribution in [1.82, 2.24) is 9.88 Å². The van der Waals surface area contributed by atoms with Crippen LogP contribution in [0.2, 0.25) is 5.02 Å². The van der Waals surface area contributed by atoms with Gasteiger partial charge in [-0.15, -0.1) is 0 Å². The summed E-state index contributed by atoms with van der Waals surface area (Å²) < 4.78 is 1.09. The molecule has 1 aliphatic rings. The number of nitrogens with zero attached hydrogens (tertiary/aromatic N) is 3. The Hall–Kier alpha value is -2.63. The molecule has 2 heterocycles. The second kappa shape index (κ2) is 7.08. The quantitative estimate of drug-likeness (QED) is 0.465. The SMILES string of the molecule is O=C(c1ccc2ccccc2c1)N1CCN(c2nc3ccc(Cl)cc3s2)CC1. The van der Waals surface area contributed by atoms with E-state index in [1.807, 2.05) is 59.5 Å². The molecular weight excluding hydrogens is 390 g/mol. The van der Waals surface area contributed by atoms with E-state index in [9.17, 15) is 4.79 Å². The summed E-state index contributed by atoms with van der Waals surface area (Å²) in [5.41, 5.74) is 1.72. The zero-order valence-corrected chi connectivity index (χ0v) is 16.7. The lowest BCUT2D eigenvalue weighted by molar-refractivity contribution is 0.0747. The Labute approximate surface area is 172 Å². The van der Waals surface area contributed by atoms with Gasteiger partial charge in [0.25, 0.3) is 5.91 Å². The van der Waals surface area contributed by atoms with Crippen molar-refractivity contribution in [3.05, 3.63) is 71.2 Å². The molecule has 1 aliphatic heterocycles. The summed E-state index contributed by atoms with van der Waals surface area (Å²) in [6.07, 6.45) is 0. The number of fused-ring (bicyclic) bond motifs is 2. The normalized spacial score (nSPS) is 14.8. The van der Waals surface area contributed by atoms with Gasteiger partial charge < -0.3 is 9.80 Å². The Morgan fingerprint density at radius 3 is 2.54 bits per heavy atom. The van der Waals surface area contributed by atoms with E-state index in [4.69, 9.17) is 16.6 Å². The molecule has 4 aromatic rings. The van der Waals surface area contributed by atoms with Crippen LogP contribution >= 0.6 is 22.9 Å². The highest BCUT2D eigenvalue weighted by Gasteiger charge is 2.24. The van der Waals surface area contributed by atoms with E-state index in [1.165, 1.54) is 0 Å². The van der Waals surface area contributed by atoms with Gasteiger partial charge in [0.1, 0.15) is 0 Å². The van der Waals surface area contributed by atoms with Crippen molar-refractivity contribution in [2.45, 2.75) is 0 Å². The average molecular weight is 408 g/mol. The number of carbonyl (C=O) groups excluding carboxylic acids is 1. The number of piperazine rings is 1. The summed E-state index contributed by atoms with van der Waals surface area (Å²) in [6, 6.07) is 19.8. The molecule has 1 fully saturated rings. The third-order valence-electron chi connectivity index (χ3n) is 5.17. The summed E-state index contributed by atoms with van der Waals surface area (Å²) in [4.78, 5) is 21.9. The van der Waals surface area contributed by atoms with Gasteiger partial charge in [-0.05, 0) is 41.1 Å². The molecule has 140 valence electrons. The molecule has 0 unspecified atom stereocenters. The lowest BCUT2D eigenvalue weighted by Gasteiger charge is -2.34. The van der Waals surface area contributed by atoms with Gasteiger partial charge in [-0.2, -0.15) is 0 Å². The van der Waals surface area contributed by atoms with Crippen molar-refractivity contribution in [3.8, 4) is 0 Å².